The van der Waals surface area contributed by atoms with Crippen LogP contribution in [0.15, 0.2) is 24.4 Å². The fourth-order valence-electron chi connectivity index (χ4n) is 3.02. The Morgan fingerprint density at radius 2 is 1.85 bits per heavy atom. The van der Waals surface area contributed by atoms with Gasteiger partial charge in [0.05, 0.1) is 5.69 Å². The van der Waals surface area contributed by atoms with Crippen LogP contribution in [0.25, 0.3) is 0 Å². The molecule has 0 atom stereocenters. The summed E-state index contributed by atoms with van der Waals surface area (Å²) in [6, 6.07) is 7.10. The Morgan fingerprint density at radius 1 is 1.10 bits per heavy atom. The van der Waals surface area contributed by atoms with Gasteiger partial charge < -0.3 is 9.88 Å². The zero-order valence-electron chi connectivity index (χ0n) is 12.6. The average molecular weight is 269 g/mol. The first-order valence-corrected chi connectivity index (χ1v) is 7.53. The number of nitrogens with one attached hydrogen (secondary N) is 1. The molecule has 1 fully saturated rings. The van der Waals surface area contributed by atoms with Crippen LogP contribution in [0.5, 0.6) is 0 Å². The molecule has 2 aromatic rings. The molecule has 0 radical (unpaired) electrons. The molecular weight excluding hydrogens is 246 g/mol. The Kier molecular flexibility index (Phi) is 3.51. The number of anilines is 2. The monoisotopic (exact) mass is 269 g/mol. The predicted octanol–water partition coefficient (Wildman–Crippen LogP) is 4.67. The highest BCUT2D eigenvalue weighted by Crippen LogP contribution is 2.33. The Morgan fingerprint density at radius 3 is 2.55 bits per heavy atom. The quantitative estimate of drug-likeness (QED) is 0.877. The number of aromatic nitrogens is 2. The first-order valence-electron chi connectivity index (χ1n) is 7.53. The SMILES string of the molecule is Cc1cn(C2CCCC2)c(Nc2ccc(C)c(C)c2)n1. The average Bonchev–Trinajstić information content (AvgIpc) is 3.03. The van der Waals surface area contributed by atoms with Crippen LogP contribution in [-0.2, 0) is 0 Å². The minimum absolute atomic E-state index is 0.616. The maximum Gasteiger partial charge on any atom is 0.207 e. The molecule has 1 aliphatic rings. The largest absolute Gasteiger partial charge is 0.326 e. The fourth-order valence-corrected chi connectivity index (χ4v) is 3.02. The maximum atomic E-state index is 4.65. The van der Waals surface area contributed by atoms with Gasteiger partial charge in [-0.3, -0.25) is 0 Å². The van der Waals surface area contributed by atoms with E-state index in [1.807, 2.05) is 0 Å². The third-order valence-corrected chi connectivity index (χ3v) is 4.33. The highest BCUT2D eigenvalue weighted by Gasteiger charge is 2.20. The second kappa shape index (κ2) is 5.31. The first kappa shape index (κ1) is 13.2. The molecule has 20 heavy (non-hydrogen) atoms. The number of rotatable bonds is 3. The molecule has 1 aromatic carbocycles. The van der Waals surface area contributed by atoms with Crippen LogP contribution < -0.4 is 5.32 Å². The summed E-state index contributed by atoms with van der Waals surface area (Å²) >= 11 is 0. The maximum absolute atomic E-state index is 4.65. The Bertz CT molecular complexity index is 607. The summed E-state index contributed by atoms with van der Waals surface area (Å²) in [5.74, 6) is 0.984. The lowest BCUT2D eigenvalue weighted by molar-refractivity contribution is 0.524. The minimum atomic E-state index is 0.616. The van der Waals surface area contributed by atoms with Crippen LogP contribution in [0.2, 0.25) is 0 Å². The van der Waals surface area contributed by atoms with Gasteiger partial charge in [0.2, 0.25) is 5.95 Å². The summed E-state index contributed by atoms with van der Waals surface area (Å²) in [5.41, 5.74) is 4.85. The van der Waals surface area contributed by atoms with Gasteiger partial charge in [0.25, 0.3) is 0 Å². The molecule has 0 spiro atoms. The zero-order valence-corrected chi connectivity index (χ0v) is 12.6. The van der Waals surface area contributed by atoms with Gasteiger partial charge >= 0.3 is 0 Å². The molecule has 1 saturated carbocycles. The van der Waals surface area contributed by atoms with Crippen molar-refractivity contribution in [2.75, 3.05) is 5.32 Å². The van der Waals surface area contributed by atoms with E-state index in [1.54, 1.807) is 0 Å². The van der Waals surface area contributed by atoms with Crippen molar-refractivity contribution in [2.45, 2.75) is 52.5 Å². The second-order valence-corrected chi connectivity index (χ2v) is 5.98. The summed E-state index contributed by atoms with van der Waals surface area (Å²) < 4.78 is 2.33. The van der Waals surface area contributed by atoms with E-state index in [-0.39, 0.29) is 0 Å². The fraction of sp³-hybridized carbons (Fsp3) is 0.471. The van der Waals surface area contributed by atoms with Gasteiger partial charge in [-0.15, -0.1) is 0 Å². The van der Waals surface area contributed by atoms with E-state index in [4.69, 9.17) is 0 Å². The smallest absolute Gasteiger partial charge is 0.207 e. The molecule has 3 nitrogen and oxygen atoms in total. The number of hydrogen-bond donors (Lipinski definition) is 1. The third kappa shape index (κ3) is 2.58. The standard InChI is InChI=1S/C17H23N3/c1-12-8-9-15(10-13(12)2)19-17-18-14(3)11-20(17)16-6-4-5-7-16/h8-11,16H,4-7H2,1-3H3,(H,18,19). The minimum Gasteiger partial charge on any atom is -0.326 e. The van der Waals surface area contributed by atoms with E-state index >= 15 is 0 Å². The van der Waals surface area contributed by atoms with E-state index in [9.17, 15) is 0 Å². The molecular formula is C17H23N3. The van der Waals surface area contributed by atoms with Gasteiger partial charge in [-0.2, -0.15) is 0 Å². The topological polar surface area (TPSA) is 29.9 Å². The second-order valence-electron chi connectivity index (χ2n) is 5.98. The third-order valence-electron chi connectivity index (χ3n) is 4.33. The lowest BCUT2D eigenvalue weighted by atomic mass is 10.1. The number of nitrogens with zero attached hydrogens (tertiary/aromatic N) is 2. The van der Waals surface area contributed by atoms with E-state index in [0.717, 1.165) is 17.3 Å². The molecule has 1 aromatic heterocycles. The first-order chi connectivity index (χ1) is 9.63. The molecule has 1 aliphatic carbocycles. The molecule has 0 bridgehead atoms. The summed E-state index contributed by atoms with van der Waals surface area (Å²) in [4.78, 5) is 4.65. The highest BCUT2D eigenvalue weighted by atomic mass is 15.2. The number of hydrogen-bond acceptors (Lipinski definition) is 2. The summed E-state index contributed by atoms with van der Waals surface area (Å²) in [7, 11) is 0. The highest BCUT2D eigenvalue weighted by molar-refractivity contribution is 5.56. The molecule has 0 aliphatic heterocycles. The van der Waals surface area contributed by atoms with E-state index < -0.39 is 0 Å². The predicted molar refractivity (Wildman–Crippen MR) is 83.7 cm³/mol. The number of imidazole rings is 1. The molecule has 0 unspecified atom stereocenters. The van der Waals surface area contributed by atoms with Crippen molar-refractivity contribution < 1.29 is 0 Å². The molecule has 3 rings (SSSR count). The molecule has 0 amide bonds. The van der Waals surface area contributed by atoms with Crippen molar-refractivity contribution in [3.05, 3.63) is 41.2 Å². The van der Waals surface area contributed by atoms with Crippen LogP contribution in [0.1, 0.15) is 48.5 Å². The Balaban J connectivity index is 1.87. The van der Waals surface area contributed by atoms with Crippen LogP contribution >= 0.6 is 0 Å². The van der Waals surface area contributed by atoms with E-state index in [0.29, 0.717) is 6.04 Å². The van der Waals surface area contributed by atoms with Crippen LogP contribution in [-0.4, -0.2) is 9.55 Å². The molecule has 3 heteroatoms. The van der Waals surface area contributed by atoms with Crippen molar-refractivity contribution in [2.24, 2.45) is 0 Å². The summed E-state index contributed by atoms with van der Waals surface area (Å²) in [6.07, 6.45) is 7.41. The van der Waals surface area contributed by atoms with Crippen molar-refractivity contribution in [3.63, 3.8) is 0 Å². The van der Waals surface area contributed by atoms with Crippen LogP contribution in [0.3, 0.4) is 0 Å². The van der Waals surface area contributed by atoms with Gasteiger partial charge in [0.1, 0.15) is 0 Å². The van der Waals surface area contributed by atoms with Crippen molar-refractivity contribution in [1.82, 2.24) is 9.55 Å². The Labute approximate surface area is 121 Å². The normalized spacial score (nSPS) is 15.8. The van der Waals surface area contributed by atoms with E-state index in [2.05, 4.69) is 60.0 Å². The Hall–Kier alpha value is -1.77. The van der Waals surface area contributed by atoms with Crippen molar-refractivity contribution in [3.8, 4) is 0 Å². The van der Waals surface area contributed by atoms with Gasteiger partial charge in [0, 0.05) is 17.9 Å². The van der Waals surface area contributed by atoms with Gasteiger partial charge in [-0.1, -0.05) is 18.9 Å². The molecule has 106 valence electrons. The van der Waals surface area contributed by atoms with E-state index in [1.165, 1.54) is 36.8 Å². The number of aryl methyl sites for hydroxylation is 3. The summed E-state index contributed by atoms with van der Waals surface area (Å²) in [6.45, 7) is 6.36. The van der Waals surface area contributed by atoms with Gasteiger partial charge in [0.15, 0.2) is 0 Å². The lowest BCUT2D eigenvalue weighted by Crippen LogP contribution is -2.08. The lowest BCUT2D eigenvalue weighted by Gasteiger charge is -2.16. The van der Waals surface area contributed by atoms with Crippen molar-refractivity contribution in [1.29, 1.82) is 0 Å². The van der Waals surface area contributed by atoms with Crippen LogP contribution in [0, 0.1) is 20.8 Å². The van der Waals surface area contributed by atoms with Crippen molar-refractivity contribution >= 4 is 11.6 Å². The summed E-state index contributed by atoms with van der Waals surface area (Å²) in [5, 5.41) is 3.49. The van der Waals surface area contributed by atoms with Gasteiger partial charge in [-0.05, 0) is 56.9 Å². The zero-order chi connectivity index (χ0) is 14.1. The molecule has 0 saturated heterocycles. The molecule has 1 heterocycles. The molecule has 1 N–H and O–H groups in total. The number of benzene rings is 1. The van der Waals surface area contributed by atoms with Gasteiger partial charge in [-0.25, -0.2) is 4.98 Å². The van der Waals surface area contributed by atoms with Crippen LogP contribution in [0.4, 0.5) is 11.6 Å².